The standard InChI is InChI=1S/C16H18N2O3/c1-10(7-11(2)19)18-15(16(20)21)8-12-9-17-14-6-4-3-5-13(12)14/h3-7,9,15,17,19H,8H2,1-2H3,(H,20,21)/p-1. The van der Waals surface area contributed by atoms with Gasteiger partial charge in [-0.1, -0.05) is 31.2 Å². The summed E-state index contributed by atoms with van der Waals surface area (Å²) in [6.07, 6.45) is 3.42. The second-order valence-electron chi connectivity index (χ2n) is 4.94. The highest BCUT2D eigenvalue weighted by molar-refractivity contribution is 5.95. The van der Waals surface area contributed by atoms with E-state index in [0.29, 0.717) is 5.71 Å². The predicted molar refractivity (Wildman–Crippen MR) is 80.3 cm³/mol. The van der Waals surface area contributed by atoms with Gasteiger partial charge in [-0.15, -0.1) is 5.76 Å². The molecule has 0 radical (unpaired) electrons. The van der Waals surface area contributed by atoms with Crippen molar-refractivity contribution in [1.82, 2.24) is 4.98 Å². The minimum Gasteiger partial charge on any atom is -0.876 e. The fraction of sp³-hybridized carbons (Fsp3) is 0.250. The number of aliphatic carboxylic acids is 1. The van der Waals surface area contributed by atoms with Gasteiger partial charge in [0.05, 0.1) is 0 Å². The van der Waals surface area contributed by atoms with Crippen molar-refractivity contribution < 1.29 is 15.0 Å². The fourth-order valence-electron chi connectivity index (χ4n) is 2.27. The Hall–Kier alpha value is -2.56. The fourth-order valence-corrected chi connectivity index (χ4v) is 2.27. The summed E-state index contributed by atoms with van der Waals surface area (Å²) in [5.41, 5.74) is 2.29. The lowest BCUT2D eigenvalue weighted by molar-refractivity contribution is -0.301. The first kappa shape index (κ1) is 14.8. The second-order valence-corrected chi connectivity index (χ2v) is 4.94. The average Bonchev–Trinajstić information content (AvgIpc) is 2.80. The third-order valence-electron chi connectivity index (χ3n) is 3.14. The van der Waals surface area contributed by atoms with E-state index in [1.54, 1.807) is 13.1 Å². The zero-order chi connectivity index (χ0) is 15.4. The largest absolute Gasteiger partial charge is 0.876 e. The number of nitrogens with zero attached hydrogens (tertiary/aromatic N) is 1. The van der Waals surface area contributed by atoms with Crippen molar-refractivity contribution in [2.75, 3.05) is 0 Å². The molecule has 21 heavy (non-hydrogen) atoms. The van der Waals surface area contributed by atoms with Gasteiger partial charge in [0.2, 0.25) is 0 Å². The number of para-hydroxylation sites is 1. The van der Waals surface area contributed by atoms with Gasteiger partial charge >= 0.3 is 5.97 Å². The van der Waals surface area contributed by atoms with Gasteiger partial charge in [0.15, 0.2) is 6.04 Å². The van der Waals surface area contributed by atoms with Crippen LogP contribution in [-0.4, -0.2) is 27.8 Å². The molecule has 1 atom stereocenters. The predicted octanol–water partition coefficient (Wildman–Crippen LogP) is 1.89. The zero-order valence-corrected chi connectivity index (χ0v) is 12.0. The molecule has 0 aliphatic carbocycles. The maximum Gasteiger partial charge on any atom is 0.328 e. The van der Waals surface area contributed by atoms with E-state index in [4.69, 9.17) is 0 Å². The summed E-state index contributed by atoms with van der Waals surface area (Å²) in [6.45, 7) is 3.04. The first-order chi connectivity index (χ1) is 9.97. The molecule has 1 heterocycles. The smallest absolute Gasteiger partial charge is 0.328 e. The van der Waals surface area contributed by atoms with Crippen molar-refractivity contribution in [3.63, 3.8) is 0 Å². The number of carboxylic acid groups (broad SMARTS) is 1. The minimum atomic E-state index is -1.00. The molecule has 0 saturated heterocycles. The van der Waals surface area contributed by atoms with E-state index >= 15 is 0 Å². The number of benzene rings is 1. The van der Waals surface area contributed by atoms with Crippen molar-refractivity contribution >= 4 is 22.6 Å². The Morgan fingerprint density at radius 1 is 1.43 bits per heavy atom. The molecule has 2 N–H and O–H groups in total. The quantitative estimate of drug-likeness (QED) is 0.649. The van der Waals surface area contributed by atoms with Gasteiger partial charge < -0.3 is 15.2 Å². The van der Waals surface area contributed by atoms with E-state index in [1.807, 2.05) is 24.3 Å². The van der Waals surface area contributed by atoms with Crippen molar-refractivity contribution in [1.29, 1.82) is 0 Å². The molecule has 0 aliphatic rings. The first-order valence-corrected chi connectivity index (χ1v) is 6.65. The van der Waals surface area contributed by atoms with E-state index in [1.165, 1.54) is 13.0 Å². The summed E-state index contributed by atoms with van der Waals surface area (Å²) in [7, 11) is 0. The van der Waals surface area contributed by atoms with Crippen LogP contribution < -0.4 is 5.11 Å². The number of aliphatic imine (C=N–C) groups is 1. The molecule has 0 bridgehead atoms. The van der Waals surface area contributed by atoms with Gasteiger partial charge in [0.25, 0.3) is 0 Å². The highest BCUT2D eigenvalue weighted by atomic mass is 16.4. The maximum atomic E-state index is 11.4. The van der Waals surface area contributed by atoms with Crippen LogP contribution in [0, 0.1) is 0 Å². The summed E-state index contributed by atoms with van der Waals surface area (Å²) in [5, 5.41) is 21.3. The second kappa shape index (κ2) is 6.26. The molecular weight excluding hydrogens is 268 g/mol. The molecule has 1 aromatic heterocycles. The molecule has 0 amide bonds. The van der Waals surface area contributed by atoms with Crippen LogP contribution in [0.15, 0.2) is 47.3 Å². The number of fused-ring (bicyclic) bond motifs is 1. The van der Waals surface area contributed by atoms with E-state index in [-0.39, 0.29) is 12.2 Å². The maximum absolute atomic E-state index is 11.4. The lowest BCUT2D eigenvalue weighted by atomic mass is 10.1. The van der Waals surface area contributed by atoms with Crippen molar-refractivity contribution in [3.8, 4) is 0 Å². The number of nitrogens with one attached hydrogen (secondary N) is 1. The molecule has 0 fully saturated rings. The third-order valence-corrected chi connectivity index (χ3v) is 3.14. The van der Waals surface area contributed by atoms with Gasteiger partial charge in [-0.05, 0) is 18.6 Å². The van der Waals surface area contributed by atoms with Crippen LogP contribution in [0.5, 0.6) is 0 Å². The number of hydrogen-bond acceptors (Lipinski definition) is 3. The summed E-state index contributed by atoms with van der Waals surface area (Å²) >= 11 is 0. The summed E-state index contributed by atoms with van der Waals surface area (Å²) in [6, 6.07) is 6.81. The van der Waals surface area contributed by atoms with Crippen LogP contribution in [0.4, 0.5) is 0 Å². The molecule has 1 aromatic carbocycles. The molecule has 5 nitrogen and oxygen atoms in total. The zero-order valence-electron chi connectivity index (χ0n) is 12.0. The van der Waals surface area contributed by atoms with E-state index in [0.717, 1.165) is 16.5 Å². The Kier molecular flexibility index (Phi) is 4.42. The lowest BCUT2D eigenvalue weighted by Gasteiger charge is -2.09. The number of H-pyrrole nitrogens is 1. The molecule has 2 rings (SSSR count). The highest BCUT2D eigenvalue weighted by Crippen LogP contribution is 2.20. The van der Waals surface area contributed by atoms with E-state index in [2.05, 4.69) is 9.98 Å². The van der Waals surface area contributed by atoms with Crippen LogP contribution in [0.1, 0.15) is 19.4 Å². The molecule has 5 heteroatoms. The highest BCUT2D eigenvalue weighted by Gasteiger charge is 2.18. The van der Waals surface area contributed by atoms with Gasteiger partial charge in [0, 0.05) is 29.2 Å². The number of aromatic amines is 1. The van der Waals surface area contributed by atoms with Crippen molar-refractivity contribution in [2.45, 2.75) is 26.3 Å². The number of aromatic nitrogens is 1. The Morgan fingerprint density at radius 2 is 2.14 bits per heavy atom. The van der Waals surface area contributed by atoms with Gasteiger partial charge in [-0.3, -0.25) is 4.99 Å². The summed E-state index contributed by atoms with van der Waals surface area (Å²) < 4.78 is 0. The van der Waals surface area contributed by atoms with Crippen LogP contribution in [-0.2, 0) is 11.2 Å². The first-order valence-electron chi connectivity index (χ1n) is 6.65. The van der Waals surface area contributed by atoms with Crippen LogP contribution >= 0.6 is 0 Å². The van der Waals surface area contributed by atoms with Crippen LogP contribution in [0.3, 0.4) is 0 Å². The van der Waals surface area contributed by atoms with E-state index < -0.39 is 12.0 Å². The van der Waals surface area contributed by atoms with Crippen molar-refractivity contribution in [2.24, 2.45) is 4.99 Å². The Labute approximate surface area is 122 Å². The summed E-state index contributed by atoms with van der Waals surface area (Å²) in [5.74, 6) is -1.15. The topological polar surface area (TPSA) is 88.5 Å². The Balaban J connectivity index is 2.29. The lowest BCUT2D eigenvalue weighted by Crippen LogP contribution is -2.22. The molecule has 110 valence electrons. The third kappa shape index (κ3) is 3.72. The number of carboxylic acids is 1. The van der Waals surface area contributed by atoms with Gasteiger partial charge in [-0.2, -0.15) is 0 Å². The van der Waals surface area contributed by atoms with Gasteiger partial charge in [-0.25, -0.2) is 4.79 Å². The number of rotatable bonds is 5. The minimum absolute atomic E-state index is 0.146. The molecule has 0 aliphatic heterocycles. The SMILES string of the molecule is CC([O-])=CC(C)=NC(Cc1c[nH]c2ccccc12)C(=O)O. The summed E-state index contributed by atoms with van der Waals surface area (Å²) in [4.78, 5) is 18.6. The van der Waals surface area contributed by atoms with E-state index in [9.17, 15) is 15.0 Å². The Bertz CT molecular complexity index is 709. The number of hydrogen-bond donors (Lipinski definition) is 2. The number of allylic oxidation sites excluding steroid dienone is 2. The molecule has 2 aromatic rings. The number of carbonyl (C=O) groups is 1. The van der Waals surface area contributed by atoms with Gasteiger partial charge in [0.1, 0.15) is 0 Å². The molecule has 0 spiro atoms. The average molecular weight is 285 g/mol. The van der Waals surface area contributed by atoms with Crippen LogP contribution in [0.2, 0.25) is 0 Å². The van der Waals surface area contributed by atoms with Crippen LogP contribution in [0.25, 0.3) is 10.9 Å². The molecule has 1 unspecified atom stereocenters. The van der Waals surface area contributed by atoms with Crippen molar-refractivity contribution in [3.05, 3.63) is 47.9 Å². The normalized spacial score (nSPS) is 14.4. The monoisotopic (exact) mass is 285 g/mol. The molecule has 0 saturated carbocycles. The molecular formula is C16H17N2O3-. The Morgan fingerprint density at radius 3 is 2.81 bits per heavy atom.